The second kappa shape index (κ2) is 7.67. The number of halogens is 1. The minimum atomic E-state index is -1.14. The maximum Gasteiger partial charge on any atom is 0.356 e. The quantitative estimate of drug-likeness (QED) is 0.411. The fraction of sp³-hybridized carbons (Fsp3) is 0.120. The lowest BCUT2D eigenvalue weighted by molar-refractivity contribution is 0.0690. The predicted octanol–water partition coefficient (Wildman–Crippen LogP) is 4.90. The number of hydrogen-bond donors (Lipinski definition) is 2. The van der Waals surface area contributed by atoms with Gasteiger partial charge in [0.2, 0.25) is 0 Å². The summed E-state index contributed by atoms with van der Waals surface area (Å²) in [5, 5.41) is 10.7. The van der Waals surface area contributed by atoms with E-state index >= 15 is 0 Å². The van der Waals surface area contributed by atoms with Crippen LogP contribution in [0.3, 0.4) is 0 Å². The van der Waals surface area contributed by atoms with Crippen molar-refractivity contribution in [3.63, 3.8) is 0 Å². The van der Waals surface area contributed by atoms with E-state index in [9.17, 15) is 14.3 Å². The van der Waals surface area contributed by atoms with Gasteiger partial charge in [-0.05, 0) is 61.4 Å². The van der Waals surface area contributed by atoms with E-state index < -0.39 is 5.97 Å². The Morgan fingerprint density at radius 3 is 2.52 bits per heavy atom. The Hall–Kier alpha value is -4.33. The molecule has 7 nitrogen and oxygen atoms in total. The average Bonchev–Trinajstić information content (AvgIpc) is 3.20. The molecule has 0 fully saturated rings. The summed E-state index contributed by atoms with van der Waals surface area (Å²) in [6.07, 6.45) is 2.17. The molecule has 0 saturated heterocycles. The van der Waals surface area contributed by atoms with Crippen molar-refractivity contribution in [3.8, 4) is 22.5 Å². The number of hydrogen-bond acceptors (Lipinski definition) is 5. The molecule has 8 heteroatoms. The van der Waals surface area contributed by atoms with Crippen molar-refractivity contribution in [3.05, 3.63) is 77.5 Å². The smallest absolute Gasteiger partial charge is 0.356 e. The molecule has 0 aliphatic heterocycles. The summed E-state index contributed by atoms with van der Waals surface area (Å²) in [4.78, 5) is 25.3. The van der Waals surface area contributed by atoms with Crippen LogP contribution in [0.25, 0.3) is 39.1 Å². The van der Waals surface area contributed by atoms with Crippen LogP contribution in [0.1, 0.15) is 28.7 Å². The van der Waals surface area contributed by atoms with Crippen LogP contribution in [0.5, 0.6) is 0 Å². The Labute approximate surface area is 188 Å². The van der Waals surface area contributed by atoms with E-state index in [0.717, 1.165) is 22.0 Å². The van der Waals surface area contributed by atoms with Gasteiger partial charge in [0, 0.05) is 22.7 Å². The fourth-order valence-electron chi connectivity index (χ4n) is 4.20. The zero-order valence-electron chi connectivity index (χ0n) is 18.0. The van der Waals surface area contributed by atoms with Crippen molar-refractivity contribution in [1.82, 2.24) is 19.4 Å². The SMILES string of the molecule is CCc1c(C(=O)O)nc2c(N)nc(-c3ccc(F)cc3)c(-c3ccc4nccc(C)c4c3)n12. The van der Waals surface area contributed by atoms with Gasteiger partial charge in [-0.15, -0.1) is 0 Å². The van der Waals surface area contributed by atoms with Gasteiger partial charge in [-0.3, -0.25) is 9.38 Å². The van der Waals surface area contributed by atoms with Crippen LogP contribution in [0.4, 0.5) is 10.2 Å². The average molecular weight is 441 g/mol. The van der Waals surface area contributed by atoms with E-state index in [-0.39, 0.29) is 23.0 Å². The lowest BCUT2D eigenvalue weighted by Crippen LogP contribution is -2.07. The number of nitrogen functional groups attached to an aromatic ring is 1. The van der Waals surface area contributed by atoms with Crippen molar-refractivity contribution < 1.29 is 14.3 Å². The molecule has 3 aromatic heterocycles. The normalized spacial score (nSPS) is 11.4. The summed E-state index contributed by atoms with van der Waals surface area (Å²) in [5.41, 5.74) is 11.4. The third-order valence-electron chi connectivity index (χ3n) is 5.77. The summed E-state index contributed by atoms with van der Waals surface area (Å²) < 4.78 is 15.4. The predicted molar refractivity (Wildman–Crippen MR) is 125 cm³/mol. The number of carboxylic acid groups (broad SMARTS) is 1. The molecule has 0 radical (unpaired) electrons. The van der Waals surface area contributed by atoms with Crippen LogP contribution >= 0.6 is 0 Å². The van der Waals surface area contributed by atoms with E-state index in [2.05, 4.69) is 15.0 Å². The van der Waals surface area contributed by atoms with Crippen LogP contribution in [-0.2, 0) is 6.42 Å². The Bertz CT molecular complexity index is 1560. The summed E-state index contributed by atoms with van der Waals surface area (Å²) >= 11 is 0. The number of anilines is 1. The van der Waals surface area contributed by atoms with E-state index in [1.807, 2.05) is 38.1 Å². The third kappa shape index (κ3) is 3.27. The van der Waals surface area contributed by atoms with Crippen molar-refractivity contribution in [2.45, 2.75) is 20.3 Å². The van der Waals surface area contributed by atoms with Gasteiger partial charge in [0.05, 0.1) is 22.6 Å². The van der Waals surface area contributed by atoms with Crippen molar-refractivity contribution in [1.29, 1.82) is 0 Å². The number of carboxylic acids is 1. The Morgan fingerprint density at radius 1 is 1.09 bits per heavy atom. The first-order valence-electron chi connectivity index (χ1n) is 10.4. The number of benzene rings is 2. The maximum atomic E-state index is 13.7. The van der Waals surface area contributed by atoms with Gasteiger partial charge in [0.25, 0.3) is 0 Å². The number of aromatic carboxylic acids is 1. The van der Waals surface area contributed by atoms with E-state index in [0.29, 0.717) is 29.1 Å². The number of fused-ring (bicyclic) bond motifs is 2. The Balaban J connectivity index is 1.95. The molecule has 0 bridgehead atoms. The molecule has 3 N–H and O–H groups in total. The zero-order chi connectivity index (χ0) is 23.3. The lowest BCUT2D eigenvalue weighted by atomic mass is 10.00. The fourth-order valence-corrected chi connectivity index (χ4v) is 4.20. The van der Waals surface area contributed by atoms with E-state index in [1.165, 1.54) is 12.1 Å². The van der Waals surface area contributed by atoms with E-state index in [1.54, 1.807) is 22.7 Å². The van der Waals surface area contributed by atoms with Gasteiger partial charge >= 0.3 is 5.97 Å². The van der Waals surface area contributed by atoms with Crippen LogP contribution in [-0.4, -0.2) is 30.4 Å². The van der Waals surface area contributed by atoms with Crippen molar-refractivity contribution in [2.75, 3.05) is 5.73 Å². The number of imidazole rings is 1. The molecular formula is C25H20FN5O2. The lowest BCUT2D eigenvalue weighted by Gasteiger charge is -2.16. The Morgan fingerprint density at radius 2 is 1.82 bits per heavy atom. The molecule has 5 rings (SSSR count). The molecule has 164 valence electrons. The molecule has 5 aromatic rings. The Kier molecular flexibility index (Phi) is 4.78. The molecule has 0 unspecified atom stereocenters. The highest BCUT2D eigenvalue weighted by Gasteiger charge is 2.25. The number of rotatable bonds is 4. The molecule has 2 aromatic carbocycles. The molecule has 0 aliphatic rings. The van der Waals surface area contributed by atoms with Crippen LogP contribution in [0.2, 0.25) is 0 Å². The minimum absolute atomic E-state index is 0.0675. The standard InChI is InChI=1S/C25H20FN5O2/c1-3-19-21(25(32)33)30-24-23(27)29-20(14-4-7-16(26)8-5-14)22(31(19)24)15-6-9-18-17(12-15)13(2)10-11-28-18/h4-12H,3H2,1-2H3,(H2,27,29)(H,32,33). The molecule has 33 heavy (non-hydrogen) atoms. The van der Waals surface area contributed by atoms with Crippen LogP contribution in [0, 0.1) is 12.7 Å². The van der Waals surface area contributed by atoms with Gasteiger partial charge < -0.3 is 10.8 Å². The summed E-state index contributed by atoms with van der Waals surface area (Å²) in [6, 6.07) is 13.7. The van der Waals surface area contributed by atoms with Crippen molar-refractivity contribution >= 4 is 28.3 Å². The number of aryl methyl sites for hydroxylation is 2. The van der Waals surface area contributed by atoms with Crippen LogP contribution in [0.15, 0.2) is 54.7 Å². The summed E-state index contributed by atoms with van der Waals surface area (Å²) in [7, 11) is 0. The van der Waals surface area contributed by atoms with Crippen molar-refractivity contribution in [2.24, 2.45) is 0 Å². The number of aromatic nitrogens is 4. The minimum Gasteiger partial charge on any atom is -0.476 e. The third-order valence-corrected chi connectivity index (χ3v) is 5.77. The molecule has 0 saturated carbocycles. The first-order chi connectivity index (χ1) is 15.9. The second-order valence-electron chi connectivity index (χ2n) is 7.79. The molecule has 0 spiro atoms. The number of nitrogens with two attached hydrogens (primary N) is 1. The molecule has 0 amide bonds. The molecular weight excluding hydrogens is 421 g/mol. The van der Waals surface area contributed by atoms with E-state index in [4.69, 9.17) is 5.73 Å². The highest BCUT2D eigenvalue weighted by atomic mass is 19.1. The monoisotopic (exact) mass is 441 g/mol. The maximum absolute atomic E-state index is 13.7. The first-order valence-corrected chi connectivity index (χ1v) is 10.4. The van der Waals surface area contributed by atoms with Gasteiger partial charge in [-0.1, -0.05) is 13.0 Å². The van der Waals surface area contributed by atoms with Gasteiger partial charge in [-0.25, -0.2) is 19.2 Å². The topological polar surface area (TPSA) is 106 Å². The van der Waals surface area contributed by atoms with Crippen LogP contribution < -0.4 is 5.73 Å². The highest BCUT2D eigenvalue weighted by molar-refractivity contribution is 5.93. The van der Waals surface area contributed by atoms with Gasteiger partial charge in [0.15, 0.2) is 17.2 Å². The number of nitrogens with zero attached hydrogens (tertiary/aromatic N) is 4. The second-order valence-corrected chi connectivity index (χ2v) is 7.79. The highest BCUT2D eigenvalue weighted by Crippen LogP contribution is 2.36. The first kappa shape index (κ1) is 20.6. The number of carbonyl (C=O) groups is 1. The molecule has 0 aliphatic carbocycles. The molecule has 3 heterocycles. The zero-order valence-corrected chi connectivity index (χ0v) is 18.0. The van der Waals surface area contributed by atoms with Gasteiger partial charge in [0.1, 0.15) is 5.82 Å². The number of pyridine rings is 1. The molecule has 0 atom stereocenters. The summed E-state index contributed by atoms with van der Waals surface area (Å²) in [5.74, 6) is -1.41. The largest absolute Gasteiger partial charge is 0.476 e. The van der Waals surface area contributed by atoms with Gasteiger partial charge in [-0.2, -0.15) is 0 Å². The summed E-state index contributed by atoms with van der Waals surface area (Å²) in [6.45, 7) is 3.87.